The van der Waals surface area contributed by atoms with E-state index in [0.717, 1.165) is 12.0 Å². The molecule has 1 aliphatic rings. The Balaban J connectivity index is 2.00. The summed E-state index contributed by atoms with van der Waals surface area (Å²) in [5, 5.41) is 3.01. The first-order chi connectivity index (χ1) is 12.6. The molecule has 3 rings (SSSR count). The third-order valence-electron chi connectivity index (χ3n) is 4.19. The number of carbonyl (C=O) groups excluding carboxylic acids is 2. The standard InChI is InChI=1S/C21H21NO4/c1-3-14-10-12-15(13-11-14)19-17(20(23)25-4-2)18(21(24)26-19)22-16-8-6-5-7-9-16/h5-13,19,22H,3-4H2,1-2H3. The highest BCUT2D eigenvalue weighted by Crippen LogP contribution is 2.36. The Labute approximate surface area is 152 Å². The van der Waals surface area contributed by atoms with Crippen LogP contribution in [0.1, 0.15) is 31.1 Å². The Morgan fingerprint density at radius 2 is 1.77 bits per heavy atom. The first kappa shape index (κ1) is 17.7. The SMILES string of the molecule is CCOC(=O)C1=C(Nc2ccccc2)C(=O)OC1c1ccc(CC)cc1. The van der Waals surface area contributed by atoms with E-state index < -0.39 is 18.0 Å². The monoisotopic (exact) mass is 351 g/mol. The van der Waals surface area contributed by atoms with Gasteiger partial charge < -0.3 is 14.8 Å². The fourth-order valence-corrected chi connectivity index (χ4v) is 2.83. The number of hydrogen-bond donors (Lipinski definition) is 1. The summed E-state index contributed by atoms with van der Waals surface area (Å²) in [4.78, 5) is 25.0. The van der Waals surface area contributed by atoms with Crippen LogP contribution in [0.25, 0.3) is 0 Å². The highest BCUT2D eigenvalue weighted by Gasteiger charge is 2.40. The summed E-state index contributed by atoms with van der Waals surface area (Å²) in [6, 6.07) is 16.9. The number of ether oxygens (including phenoxy) is 2. The van der Waals surface area contributed by atoms with Gasteiger partial charge in [0.15, 0.2) is 6.10 Å². The van der Waals surface area contributed by atoms with E-state index in [2.05, 4.69) is 12.2 Å². The molecule has 0 fully saturated rings. The lowest BCUT2D eigenvalue weighted by molar-refractivity contribution is -0.142. The molecule has 0 bridgehead atoms. The molecular weight excluding hydrogens is 330 g/mol. The quantitative estimate of drug-likeness (QED) is 0.803. The molecule has 26 heavy (non-hydrogen) atoms. The van der Waals surface area contributed by atoms with Crippen LogP contribution < -0.4 is 5.32 Å². The van der Waals surface area contributed by atoms with Crippen LogP contribution >= 0.6 is 0 Å². The number of rotatable bonds is 6. The third-order valence-corrected chi connectivity index (χ3v) is 4.19. The lowest BCUT2D eigenvalue weighted by atomic mass is 9.99. The minimum Gasteiger partial charge on any atom is -0.462 e. The van der Waals surface area contributed by atoms with E-state index in [1.807, 2.05) is 54.6 Å². The number of cyclic esters (lactones) is 1. The summed E-state index contributed by atoms with van der Waals surface area (Å²) in [7, 11) is 0. The maximum atomic E-state index is 12.5. The Kier molecular flexibility index (Phi) is 5.37. The van der Waals surface area contributed by atoms with Crippen molar-refractivity contribution in [2.45, 2.75) is 26.4 Å². The van der Waals surface area contributed by atoms with Gasteiger partial charge in [-0.3, -0.25) is 0 Å². The van der Waals surface area contributed by atoms with Gasteiger partial charge in [-0.05, 0) is 36.6 Å². The second-order valence-electron chi connectivity index (χ2n) is 5.88. The molecule has 1 N–H and O–H groups in total. The zero-order chi connectivity index (χ0) is 18.5. The van der Waals surface area contributed by atoms with Gasteiger partial charge in [0.25, 0.3) is 0 Å². The van der Waals surface area contributed by atoms with Crippen molar-refractivity contribution in [1.82, 2.24) is 0 Å². The van der Waals surface area contributed by atoms with Gasteiger partial charge in [0.1, 0.15) is 11.3 Å². The van der Waals surface area contributed by atoms with Crippen LogP contribution in [0.3, 0.4) is 0 Å². The molecular formula is C21H21NO4. The Bertz CT molecular complexity index is 825. The molecule has 0 saturated heterocycles. The van der Waals surface area contributed by atoms with E-state index >= 15 is 0 Å². The van der Waals surface area contributed by atoms with Crippen molar-refractivity contribution < 1.29 is 19.1 Å². The molecule has 0 radical (unpaired) electrons. The van der Waals surface area contributed by atoms with Crippen LogP contribution in [0, 0.1) is 0 Å². The molecule has 1 heterocycles. The van der Waals surface area contributed by atoms with Crippen molar-refractivity contribution in [2.24, 2.45) is 0 Å². The molecule has 5 heteroatoms. The van der Waals surface area contributed by atoms with Crippen LogP contribution in [0.15, 0.2) is 65.9 Å². The van der Waals surface area contributed by atoms with Gasteiger partial charge >= 0.3 is 11.9 Å². The van der Waals surface area contributed by atoms with Crippen LogP contribution in [0.5, 0.6) is 0 Å². The summed E-state index contributed by atoms with van der Waals surface area (Å²) in [6.07, 6.45) is 0.130. The summed E-state index contributed by atoms with van der Waals surface area (Å²) in [5.74, 6) is -1.12. The highest BCUT2D eigenvalue weighted by atomic mass is 16.6. The maximum Gasteiger partial charge on any atom is 0.356 e. The molecule has 2 aromatic carbocycles. The van der Waals surface area contributed by atoms with E-state index in [1.165, 1.54) is 5.56 Å². The number of hydrogen-bond acceptors (Lipinski definition) is 5. The number of anilines is 1. The fraction of sp³-hybridized carbons (Fsp3) is 0.238. The summed E-state index contributed by atoms with van der Waals surface area (Å²) >= 11 is 0. The number of benzene rings is 2. The van der Waals surface area contributed by atoms with Crippen molar-refractivity contribution in [3.63, 3.8) is 0 Å². The molecule has 0 aliphatic carbocycles. The second-order valence-corrected chi connectivity index (χ2v) is 5.88. The predicted octanol–water partition coefficient (Wildman–Crippen LogP) is 3.78. The molecule has 5 nitrogen and oxygen atoms in total. The van der Waals surface area contributed by atoms with E-state index in [0.29, 0.717) is 5.69 Å². The van der Waals surface area contributed by atoms with Crippen LogP contribution in [-0.2, 0) is 25.5 Å². The van der Waals surface area contributed by atoms with Crippen LogP contribution in [-0.4, -0.2) is 18.5 Å². The molecule has 134 valence electrons. The molecule has 1 aliphatic heterocycles. The topological polar surface area (TPSA) is 64.6 Å². The minimum absolute atomic E-state index is 0.124. The fourth-order valence-electron chi connectivity index (χ4n) is 2.83. The van der Waals surface area contributed by atoms with Gasteiger partial charge in [-0.2, -0.15) is 0 Å². The summed E-state index contributed by atoms with van der Waals surface area (Å²) < 4.78 is 10.7. The first-order valence-corrected chi connectivity index (χ1v) is 8.67. The van der Waals surface area contributed by atoms with Crippen LogP contribution in [0.4, 0.5) is 5.69 Å². The number of para-hydroxylation sites is 1. The number of esters is 2. The summed E-state index contributed by atoms with van der Waals surface area (Å²) in [5.41, 5.74) is 2.93. The first-order valence-electron chi connectivity index (χ1n) is 8.67. The van der Waals surface area contributed by atoms with Gasteiger partial charge in [-0.1, -0.05) is 49.4 Å². The normalized spacial score (nSPS) is 16.4. The Hall–Kier alpha value is -3.08. The highest BCUT2D eigenvalue weighted by molar-refractivity contribution is 6.06. The number of carbonyl (C=O) groups is 2. The number of nitrogens with one attached hydrogen (secondary N) is 1. The van der Waals surface area contributed by atoms with Crippen molar-refractivity contribution >= 4 is 17.6 Å². The molecule has 0 saturated carbocycles. The Morgan fingerprint density at radius 1 is 1.08 bits per heavy atom. The minimum atomic E-state index is -0.779. The zero-order valence-electron chi connectivity index (χ0n) is 14.8. The van der Waals surface area contributed by atoms with Gasteiger partial charge in [0.05, 0.1) is 6.61 Å². The zero-order valence-corrected chi connectivity index (χ0v) is 14.8. The van der Waals surface area contributed by atoms with Crippen molar-refractivity contribution in [3.05, 3.63) is 77.0 Å². The smallest absolute Gasteiger partial charge is 0.356 e. The lowest BCUT2D eigenvalue weighted by Crippen LogP contribution is -2.16. The van der Waals surface area contributed by atoms with E-state index in [9.17, 15) is 9.59 Å². The molecule has 0 amide bonds. The van der Waals surface area contributed by atoms with Crippen molar-refractivity contribution in [1.29, 1.82) is 0 Å². The van der Waals surface area contributed by atoms with Crippen molar-refractivity contribution in [2.75, 3.05) is 11.9 Å². The van der Waals surface area contributed by atoms with Gasteiger partial charge in [0, 0.05) is 5.69 Å². The van der Waals surface area contributed by atoms with E-state index in [-0.39, 0.29) is 17.9 Å². The van der Waals surface area contributed by atoms with E-state index in [1.54, 1.807) is 6.92 Å². The molecule has 1 atom stereocenters. The van der Waals surface area contributed by atoms with Gasteiger partial charge in [-0.25, -0.2) is 9.59 Å². The van der Waals surface area contributed by atoms with Crippen molar-refractivity contribution in [3.8, 4) is 0 Å². The Morgan fingerprint density at radius 3 is 2.38 bits per heavy atom. The van der Waals surface area contributed by atoms with Gasteiger partial charge in [0.2, 0.25) is 0 Å². The second kappa shape index (κ2) is 7.87. The molecule has 1 unspecified atom stereocenters. The molecule has 0 aromatic heterocycles. The van der Waals surface area contributed by atoms with Crippen LogP contribution in [0.2, 0.25) is 0 Å². The lowest BCUT2D eigenvalue weighted by Gasteiger charge is -2.14. The van der Waals surface area contributed by atoms with E-state index in [4.69, 9.17) is 9.47 Å². The largest absolute Gasteiger partial charge is 0.462 e. The summed E-state index contributed by atoms with van der Waals surface area (Å²) in [6.45, 7) is 4.01. The third kappa shape index (κ3) is 3.61. The maximum absolute atomic E-state index is 12.5. The van der Waals surface area contributed by atoms with Gasteiger partial charge in [-0.15, -0.1) is 0 Å². The molecule has 2 aromatic rings. The number of aryl methyl sites for hydroxylation is 1. The molecule has 0 spiro atoms. The predicted molar refractivity (Wildman–Crippen MR) is 98.4 cm³/mol. The average molecular weight is 351 g/mol. The average Bonchev–Trinajstić information content (AvgIpc) is 2.99.